The lowest BCUT2D eigenvalue weighted by molar-refractivity contribution is 0.446. The summed E-state index contributed by atoms with van der Waals surface area (Å²) < 4.78 is 2.19. The van der Waals surface area contributed by atoms with E-state index in [1.54, 1.807) is 0 Å². The summed E-state index contributed by atoms with van der Waals surface area (Å²) in [5, 5.41) is 12.5. The third kappa shape index (κ3) is 7.17. The number of hydrogen-bond acceptors (Lipinski definition) is 4. The molecule has 5 nitrogen and oxygen atoms in total. The predicted molar refractivity (Wildman–Crippen MR) is 248 cm³/mol. The van der Waals surface area contributed by atoms with E-state index in [4.69, 9.17) is 15.0 Å². The summed E-state index contributed by atoms with van der Waals surface area (Å²) in [6.07, 6.45) is 3.81. The van der Waals surface area contributed by atoms with Crippen LogP contribution in [0.25, 0.3) is 84.0 Å². The highest BCUT2D eigenvalue weighted by Gasteiger charge is 2.30. The quantitative estimate of drug-likeness (QED) is 0.175. The average molecular weight is 781 g/mol. The summed E-state index contributed by atoms with van der Waals surface area (Å²) in [5.74, 6) is 0.841. The van der Waals surface area contributed by atoms with Crippen molar-refractivity contribution in [3.8, 4) is 78.6 Å². The molecule has 9 aromatic rings. The monoisotopic (exact) mass is 780 g/mol. The fraction of sp³-hybridized carbons (Fsp3) is 0.145. The number of rotatable bonds is 7. The van der Waals surface area contributed by atoms with Gasteiger partial charge in [0.25, 0.3) is 0 Å². The van der Waals surface area contributed by atoms with Gasteiger partial charge >= 0.3 is 0 Å². The zero-order valence-corrected chi connectivity index (χ0v) is 35.0. The molecule has 0 saturated carbocycles. The van der Waals surface area contributed by atoms with Crippen LogP contribution in [0.1, 0.15) is 52.7 Å². The van der Waals surface area contributed by atoms with Crippen LogP contribution >= 0.6 is 0 Å². The van der Waals surface area contributed by atoms with Crippen molar-refractivity contribution in [3.63, 3.8) is 0 Å². The standard InChI is InChI=1S/C55H48N4O/c1-54(2,3)42-33-46(51(60)47(34-42)55(4,5)6)52-58-49-43(39-24-16-25-40(32-39)48-29-28-41(35-57-48)36-18-10-7-11-19-36)30-31-56-53(49)59(52)50-44(37-20-12-8-13-21-37)26-17-27-45(50)38-22-14-9-15-23-38/h7-35,60H,1-6H3. The topological polar surface area (TPSA) is 63.8 Å². The molecule has 0 aliphatic heterocycles. The van der Waals surface area contributed by atoms with E-state index in [0.717, 1.165) is 78.1 Å². The molecule has 0 amide bonds. The number of aromatic nitrogens is 4. The van der Waals surface area contributed by atoms with Crippen molar-refractivity contribution < 1.29 is 5.11 Å². The molecule has 0 saturated heterocycles. The Morgan fingerprint density at radius 2 is 1.05 bits per heavy atom. The van der Waals surface area contributed by atoms with Crippen molar-refractivity contribution in [2.45, 2.75) is 52.4 Å². The fourth-order valence-corrected chi connectivity index (χ4v) is 8.11. The molecule has 6 aromatic carbocycles. The minimum atomic E-state index is -0.342. The third-order valence-corrected chi connectivity index (χ3v) is 11.3. The van der Waals surface area contributed by atoms with E-state index in [2.05, 4.69) is 174 Å². The molecule has 5 heteroatoms. The maximum absolute atomic E-state index is 12.5. The van der Waals surface area contributed by atoms with Gasteiger partial charge in [-0.2, -0.15) is 0 Å². The number of aromatic hydroxyl groups is 1. The van der Waals surface area contributed by atoms with Gasteiger partial charge in [-0.25, -0.2) is 9.97 Å². The first-order valence-electron chi connectivity index (χ1n) is 20.6. The second kappa shape index (κ2) is 15.2. The SMILES string of the molecule is CC(C)(C)c1cc(-c2nc3c(-c4cccc(-c5ccc(-c6ccccc6)cn5)c4)ccnc3n2-c2c(-c3ccccc3)cccc2-c2ccccc2)c(O)c(C(C)(C)C)c1. The van der Waals surface area contributed by atoms with Gasteiger partial charge in [-0.05, 0) is 62.9 Å². The van der Waals surface area contributed by atoms with Crippen LogP contribution in [0, 0.1) is 0 Å². The zero-order chi connectivity index (χ0) is 41.6. The van der Waals surface area contributed by atoms with Gasteiger partial charge < -0.3 is 5.11 Å². The smallest absolute Gasteiger partial charge is 0.165 e. The molecule has 3 heterocycles. The van der Waals surface area contributed by atoms with Crippen molar-refractivity contribution in [2.24, 2.45) is 0 Å². The lowest BCUT2D eigenvalue weighted by atomic mass is 9.79. The summed E-state index contributed by atoms with van der Waals surface area (Å²) in [6.45, 7) is 13.1. The van der Waals surface area contributed by atoms with Gasteiger partial charge in [0, 0.05) is 45.8 Å². The molecule has 0 aliphatic carbocycles. The molecule has 0 spiro atoms. The normalized spacial score (nSPS) is 11.9. The van der Waals surface area contributed by atoms with Crippen molar-refractivity contribution in [1.29, 1.82) is 0 Å². The van der Waals surface area contributed by atoms with Crippen molar-refractivity contribution in [1.82, 2.24) is 19.5 Å². The van der Waals surface area contributed by atoms with Crippen LogP contribution < -0.4 is 0 Å². The largest absolute Gasteiger partial charge is 0.507 e. The Morgan fingerprint density at radius 1 is 0.467 bits per heavy atom. The molecule has 294 valence electrons. The van der Waals surface area contributed by atoms with Crippen molar-refractivity contribution in [2.75, 3.05) is 0 Å². The lowest BCUT2D eigenvalue weighted by Gasteiger charge is -2.28. The Labute approximate surface area is 352 Å². The molecular weight excluding hydrogens is 733 g/mol. The number of fused-ring (bicyclic) bond motifs is 1. The number of nitrogens with zero attached hydrogens (tertiary/aromatic N) is 4. The molecule has 60 heavy (non-hydrogen) atoms. The van der Waals surface area contributed by atoms with Crippen LogP contribution in [0.2, 0.25) is 0 Å². The molecule has 0 fully saturated rings. The van der Waals surface area contributed by atoms with E-state index < -0.39 is 0 Å². The Hall–Kier alpha value is -7.11. The molecule has 0 unspecified atom stereocenters. The summed E-state index contributed by atoms with van der Waals surface area (Å²) in [4.78, 5) is 15.6. The molecule has 0 bridgehead atoms. The second-order valence-electron chi connectivity index (χ2n) is 17.5. The Morgan fingerprint density at radius 3 is 1.63 bits per heavy atom. The van der Waals surface area contributed by atoms with E-state index in [1.165, 1.54) is 0 Å². The summed E-state index contributed by atoms with van der Waals surface area (Å²) >= 11 is 0. The van der Waals surface area contributed by atoms with Gasteiger partial charge in [0.15, 0.2) is 11.5 Å². The van der Waals surface area contributed by atoms with Gasteiger partial charge in [-0.1, -0.05) is 181 Å². The molecule has 0 atom stereocenters. The Kier molecular flexibility index (Phi) is 9.76. The second-order valence-corrected chi connectivity index (χ2v) is 17.5. The summed E-state index contributed by atoms with van der Waals surface area (Å²) in [5.41, 5.74) is 14.7. The van der Waals surface area contributed by atoms with Crippen LogP contribution in [0.3, 0.4) is 0 Å². The maximum Gasteiger partial charge on any atom is 0.165 e. The Balaban J connectivity index is 1.34. The van der Waals surface area contributed by atoms with Gasteiger partial charge in [-0.15, -0.1) is 0 Å². The molecule has 1 N–H and O–H groups in total. The highest BCUT2D eigenvalue weighted by molar-refractivity contribution is 5.97. The number of benzene rings is 6. The zero-order valence-electron chi connectivity index (χ0n) is 35.0. The van der Waals surface area contributed by atoms with Gasteiger partial charge in [0.05, 0.1) is 16.9 Å². The number of hydrogen-bond donors (Lipinski definition) is 1. The molecule has 3 aromatic heterocycles. The number of pyridine rings is 2. The lowest BCUT2D eigenvalue weighted by Crippen LogP contribution is -2.17. The van der Waals surface area contributed by atoms with E-state index in [1.807, 2.05) is 48.8 Å². The minimum absolute atomic E-state index is 0.201. The van der Waals surface area contributed by atoms with Gasteiger partial charge in [-0.3, -0.25) is 9.55 Å². The Bertz CT molecular complexity index is 2920. The van der Waals surface area contributed by atoms with Crippen LogP contribution in [-0.2, 0) is 10.8 Å². The first-order valence-corrected chi connectivity index (χ1v) is 20.6. The third-order valence-electron chi connectivity index (χ3n) is 11.3. The molecule has 9 rings (SSSR count). The molecule has 0 aliphatic rings. The van der Waals surface area contributed by atoms with Gasteiger partial charge in [0.2, 0.25) is 0 Å². The summed E-state index contributed by atoms with van der Waals surface area (Å²) in [6, 6.07) is 56.8. The van der Waals surface area contributed by atoms with E-state index in [9.17, 15) is 5.11 Å². The minimum Gasteiger partial charge on any atom is -0.507 e. The highest BCUT2D eigenvalue weighted by Crippen LogP contribution is 2.46. The number of imidazole rings is 1. The molecule has 0 radical (unpaired) electrons. The maximum atomic E-state index is 12.5. The van der Waals surface area contributed by atoms with E-state index in [0.29, 0.717) is 17.0 Å². The number of para-hydroxylation sites is 1. The van der Waals surface area contributed by atoms with Crippen molar-refractivity contribution >= 4 is 11.2 Å². The van der Waals surface area contributed by atoms with Crippen LogP contribution in [0.5, 0.6) is 5.75 Å². The number of phenolic OH excluding ortho intramolecular Hbond substituents is 1. The van der Waals surface area contributed by atoms with Crippen LogP contribution in [0.15, 0.2) is 176 Å². The van der Waals surface area contributed by atoms with Crippen LogP contribution in [-0.4, -0.2) is 24.6 Å². The number of phenols is 1. The fourth-order valence-electron chi connectivity index (χ4n) is 8.11. The van der Waals surface area contributed by atoms with Gasteiger partial charge in [0.1, 0.15) is 11.3 Å². The molecular formula is C55H48N4O. The van der Waals surface area contributed by atoms with E-state index in [-0.39, 0.29) is 16.6 Å². The summed E-state index contributed by atoms with van der Waals surface area (Å²) in [7, 11) is 0. The first-order chi connectivity index (χ1) is 29.0. The van der Waals surface area contributed by atoms with Crippen LogP contribution in [0.4, 0.5) is 0 Å². The van der Waals surface area contributed by atoms with E-state index >= 15 is 0 Å². The average Bonchev–Trinajstić information content (AvgIpc) is 3.65. The first kappa shape index (κ1) is 38.4. The highest BCUT2D eigenvalue weighted by atomic mass is 16.3. The predicted octanol–water partition coefficient (Wildman–Crippen LogP) is 14.1. The van der Waals surface area contributed by atoms with Crippen molar-refractivity contribution in [3.05, 3.63) is 187 Å².